The monoisotopic (exact) mass is 422 g/mol. The number of thioether (sulfide) groups is 1. The van der Waals surface area contributed by atoms with Crippen LogP contribution in [0.1, 0.15) is 24.7 Å². The van der Waals surface area contributed by atoms with Crippen LogP contribution in [0.2, 0.25) is 0 Å². The first-order valence-corrected chi connectivity index (χ1v) is 10.6. The molecule has 1 aliphatic rings. The predicted molar refractivity (Wildman–Crippen MR) is 116 cm³/mol. The fraction of sp³-hybridized carbons (Fsp3) is 0.286. The number of benzene rings is 1. The number of para-hydroxylation sites is 2. The van der Waals surface area contributed by atoms with E-state index in [0.29, 0.717) is 22.2 Å². The molecule has 1 aromatic carbocycles. The van der Waals surface area contributed by atoms with Crippen molar-refractivity contribution < 1.29 is 9.59 Å². The second-order valence-corrected chi connectivity index (χ2v) is 8.24. The zero-order chi connectivity index (χ0) is 21.3. The number of nitrogens with zero attached hydrogens (tertiary/aromatic N) is 5. The standard InChI is InChI=1S/C21H22N6O2S/c1-13-10-15(3)27(25-13)18-8-9-20(24-23-18)30-12-21(29)26-14(2)11-19(28)22-16-6-4-5-7-17(16)26/h4-10,14H,11-12H2,1-3H3,(H,22,28). The Bertz CT molecular complexity index is 1100. The summed E-state index contributed by atoms with van der Waals surface area (Å²) in [6, 6.07) is 12.8. The van der Waals surface area contributed by atoms with Gasteiger partial charge in [0.15, 0.2) is 5.82 Å². The zero-order valence-corrected chi connectivity index (χ0v) is 17.8. The maximum atomic E-state index is 13.0. The number of hydrogen-bond acceptors (Lipinski definition) is 6. The molecule has 0 spiro atoms. The Kier molecular flexibility index (Phi) is 5.54. The Morgan fingerprint density at radius 1 is 1.20 bits per heavy atom. The van der Waals surface area contributed by atoms with Gasteiger partial charge in [0.25, 0.3) is 0 Å². The minimum atomic E-state index is -0.235. The summed E-state index contributed by atoms with van der Waals surface area (Å²) in [6.07, 6.45) is 0.252. The molecule has 2 amide bonds. The number of nitrogens with one attached hydrogen (secondary N) is 1. The Balaban J connectivity index is 1.48. The molecular weight excluding hydrogens is 400 g/mol. The van der Waals surface area contributed by atoms with E-state index in [2.05, 4.69) is 20.6 Å². The lowest BCUT2D eigenvalue weighted by molar-refractivity contribution is -0.117. The van der Waals surface area contributed by atoms with E-state index in [4.69, 9.17) is 0 Å². The third-order valence-electron chi connectivity index (χ3n) is 4.82. The molecule has 0 saturated heterocycles. The van der Waals surface area contributed by atoms with Gasteiger partial charge in [-0.3, -0.25) is 9.59 Å². The third-order valence-corrected chi connectivity index (χ3v) is 5.73. The summed E-state index contributed by atoms with van der Waals surface area (Å²) in [6.45, 7) is 5.77. The summed E-state index contributed by atoms with van der Waals surface area (Å²) in [5, 5.41) is 16.4. The van der Waals surface area contributed by atoms with E-state index < -0.39 is 0 Å². The first kappa shape index (κ1) is 20.1. The molecule has 30 heavy (non-hydrogen) atoms. The van der Waals surface area contributed by atoms with Crippen LogP contribution in [-0.2, 0) is 9.59 Å². The van der Waals surface area contributed by atoms with Crippen molar-refractivity contribution in [3.63, 3.8) is 0 Å². The van der Waals surface area contributed by atoms with Gasteiger partial charge in [-0.2, -0.15) is 5.10 Å². The molecule has 1 unspecified atom stereocenters. The van der Waals surface area contributed by atoms with Gasteiger partial charge >= 0.3 is 0 Å². The first-order chi connectivity index (χ1) is 14.4. The van der Waals surface area contributed by atoms with E-state index in [-0.39, 0.29) is 30.0 Å². The van der Waals surface area contributed by atoms with Crippen molar-refractivity contribution >= 4 is 35.0 Å². The molecule has 0 radical (unpaired) electrons. The largest absolute Gasteiger partial charge is 0.324 e. The molecule has 0 saturated carbocycles. The highest BCUT2D eigenvalue weighted by Crippen LogP contribution is 2.32. The number of fused-ring (bicyclic) bond motifs is 1. The van der Waals surface area contributed by atoms with Crippen molar-refractivity contribution in [3.8, 4) is 5.82 Å². The maximum Gasteiger partial charge on any atom is 0.237 e. The molecule has 0 fully saturated rings. The SMILES string of the molecule is Cc1cc(C)n(-c2ccc(SCC(=O)N3c4ccccc4NC(=O)CC3C)nn2)n1. The molecule has 3 heterocycles. The highest BCUT2D eigenvalue weighted by atomic mass is 32.2. The summed E-state index contributed by atoms with van der Waals surface area (Å²) in [5.74, 6) is 0.654. The van der Waals surface area contributed by atoms with Gasteiger partial charge < -0.3 is 10.2 Å². The van der Waals surface area contributed by atoms with Gasteiger partial charge in [-0.1, -0.05) is 23.9 Å². The Hall–Kier alpha value is -3.20. The van der Waals surface area contributed by atoms with Crippen LogP contribution >= 0.6 is 11.8 Å². The summed E-state index contributed by atoms with van der Waals surface area (Å²) >= 11 is 1.32. The zero-order valence-electron chi connectivity index (χ0n) is 17.0. The molecule has 1 N–H and O–H groups in total. The number of carbonyl (C=O) groups is 2. The van der Waals surface area contributed by atoms with E-state index >= 15 is 0 Å². The van der Waals surface area contributed by atoms with Crippen molar-refractivity contribution in [2.45, 2.75) is 38.3 Å². The van der Waals surface area contributed by atoms with Crippen LogP contribution in [0.15, 0.2) is 47.5 Å². The van der Waals surface area contributed by atoms with E-state index in [9.17, 15) is 9.59 Å². The molecule has 4 rings (SSSR count). The lowest BCUT2D eigenvalue weighted by Crippen LogP contribution is -2.40. The van der Waals surface area contributed by atoms with Gasteiger partial charge in [0, 0.05) is 18.2 Å². The maximum absolute atomic E-state index is 13.0. The second-order valence-electron chi connectivity index (χ2n) is 7.24. The average Bonchev–Trinajstić information content (AvgIpc) is 2.99. The van der Waals surface area contributed by atoms with Crippen LogP contribution < -0.4 is 10.2 Å². The van der Waals surface area contributed by atoms with Crippen LogP contribution in [0, 0.1) is 13.8 Å². The second kappa shape index (κ2) is 8.27. The van der Waals surface area contributed by atoms with Crippen molar-refractivity contribution in [1.29, 1.82) is 0 Å². The number of amides is 2. The van der Waals surface area contributed by atoms with Gasteiger partial charge in [0.1, 0.15) is 5.03 Å². The van der Waals surface area contributed by atoms with Crippen molar-refractivity contribution in [1.82, 2.24) is 20.0 Å². The van der Waals surface area contributed by atoms with Crippen LogP contribution in [0.4, 0.5) is 11.4 Å². The van der Waals surface area contributed by atoms with Crippen LogP contribution in [0.3, 0.4) is 0 Å². The van der Waals surface area contributed by atoms with Gasteiger partial charge in [-0.05, 0) is 51.1 Å². The number of rotatable bonds is 4. The molecule has 154 valence electrons. The number of anilines is 2. The molecule has 8 nitrogen and oxygen atoms in total. The van der Waals surface area contributed by atoms with Crippen molar-refractivity contribution in [2.75, 3.05) is 16.0 Å². The lowest BCUT2D eigenvalue weighted by atomic mass is 10.2. The van der Waals surface area contributed by atoms with Crippen LogP contribution in [0.25, 0.3) is 5.82 Å². The molecule has 1 aliphatic heterocycles. The summed E-state index contributed by atoms with van der Waals surface area (Å²) in [5.41, 5.74) is 3.26. The smallest absolute Gasteiger partial charge is 0.237 e. The van der Waals surface area contributed by atoms with Crippen LogP contribution in [0.5, 0.6) is 0 Å². The van der Waals surface area contributed by atoms with Gasteiger partial charge in [-0.25, -0.2) is 4.68 Å². The molecule has 2 aromatic heterocycles. The Morgan fingerprint density at radius 3 is 2.70 bits per heavy atom. The van der Waals surface area contributed by atoms with Crippen molar-refractivity contribution in [3.05, 3.63) is 53.9 Å². The summed E-state index contributed by atoms with van der Waals surface area (Å²) in [4.78, 5) is 26.8. The summed E-state index contributed by atoms with van der Waals surface area (Å²) in [7, 11) is 0. The van der Waals surface area contributed by atoms with Gasteiger partial charge in [0.05, 0.1) is 22.8 Å². The number of carbonyl (C=O) groups excluding carboxylic acids is 2. The molecular formula is C21H22N6O2S. The molecule has 0 aliphatic carbocycles. The van der Waals surface area contributed by atoms with Crippen LogP contribution in [-0.4, -0.2) is 43.6 Å². The van der Waals surface area contributed by atoms with Gasteiger partial charge in [-0.15, -0.1) is 10.2 Å². The number of hydrogen-bond donors (Lipinski definition) is 1. The van der Waals surface area contributed by atoms with E-state index in [1.807, 2.05) is 63.2 Å². The fourth-order valence-electron chi connectivity index (χ4n) is 3.54. The van der Waals surface area contributed by atoms with E-state index in [0.717, 1.165) is 11.4 Å². The van der Waals surface area contributed by atoms with Crippen molar-refractivity contribution in [2.24, 2.45) is 0 Å². The average molecular weight is 423 g/mol. The molecule has 0 bridgehead atoms. The summed E-state index contributed by atoms with van der Waals surface area (Å²) < 4.78 is 1.74. The Morgan fingerprint density at radius 2 is 2.00 bits per heavy atom. The number of aromatic nitrogens is 4. The lowest BCUT2D eigenvalue weighted by Gasteiger charge is -2.27. The first-order valence-electron chi connectivity index (χ1n) is 9.63. The van der Waals surface area contributed by atoms with E-state index in [1.165, 1.54) is 11.8 Å². The van der Waals surface area contributed by atoms with E-state index in [1.54, 1.807) is 9.58 Å². The number of aryl methyl sites for hydroxylation is 2. The molecule has 9 heteroatoms. The topological polar surface area (TPSA) is 93.0 Å². The predicted octanol–water partition coefficient (Wildman–Crippen LogP) is 3.14. The third kappa shape index (κ3) is 4.06. The normalized spacial score (nSPS) is 16.0. The quantitative estimate of drug-likeness (QED) is 0.650. The highest BCUT2D eigenvalue weighted by Gasteiger charge is 2.29. The Labute approximate surface area is 178 Å². The highest BCUT2D eigenvalue weighted by molar-refractivity contribution is 7.99. The molecule has 1 atom stereocenters. The minimum Gasteiger partial charge on any atom is -0.324 e. The van der Waals surface area contributed by atoms with Gasteiger partial charge in [0.2, 0.25) is 11.8 Å². The minimum absolute atomic E-state index is 0.0825. The molecule has 3 aromatic rings. The fourth-order valence-corrected chi connectivity index (χ4v) is 4.21.